The number of hydrogen-bond donors (Lipinski definition) is 9. The molecule has 15 nitrogen and oxygen atoms in total. The number of aromatic amines is 1. The Balaban J connectivity index is 2.85. The maximum absolute atomic E-state index is 12.6. The first-order chi connectivity index (χ1) is 15.4. The number of imidazole rings is 1. The van der Waals surface area contributed by atoms with Crippen LogP contribution in [0, 0.1) is 0 Å². The molecule has 0 spiro atoms. The van der Waals surface area contributed by atoms with Gasteiger partial charge in [-0.1, -0.05) is 0 Å². The molecule has 1 aromatic heterocycles. The van der Waals surface area contributed by atoms with Crippen LogP contribution < -0.4 is 33.2 Å². The van der Waals surface area contributed by atoms with Gasteiger partial charge < -0.3 is 43.2 Å². The van der Waals surface area contributed by atoms with Crippen molar-refractivity contribution in [2.75, 3.05) is 5.75 Å². The van der Waals surface area contributed by atoms with E-state index in [-0.39, 0.29) is 12.2 Å². The zero-order valence-electron chi connectivity index (χ0n) is 17.3. The number of aromatic nitrogens is 2. The lowest BCUT2D eigenvalue weighted by Crippen LogP contribution is -2.58. The average Bonchev–Trinajstić information content (AvgIpc) is 3.22. The fraction of sp³-hybridized carbons (Fsp3) is 0.471. The normalized spacial score (nSPS) is 14.2. The van der Waals surface area contributed by atoms with Crippen LogP contribution in [0.4, 0.5) is 0 Å². The number of nitrogens with two attached hydrogens (primary N) is 3. The first kappa shape index (κ1) is 27.4. The molecule has 1 aromatic rings. The van der Waals surface area contributed by atoms with Gasteiger partial charge in [-0.2, -0.15) is 12.6 Å². The Morgan fingerprint density at radius 1 is 0.939 bits per heavy atom. The van der Waals surface area contributed by atoms with Gasteiger partial charge in [0.25, 0.3) is 0 Å². The monoisotopic (exact) mass is 486 g/mol. The molecule has 0 saturated carbocycles. The minimum atomic E-state index is -1.52. The van der Waals surface area contributed by atoms with Gasteiger partial charge in [0.1, 0.15) is 18.1 Å². The van der Waals surface area contributed by atoms with Gasteiger partial charge in [0.15, 0.2) is 0 Å². The van der Waals surface area contributed by atoms with Crippen LogP contribution in [0.15, 0.2) is 12.5 Å². The molecule has 0 fully saturated rings. The van der Waals surface area contributed by atoms with E-state index < -0.39 is 72.5 Å². The number of aliphatic carboxylic acids is 1. The second-order valence-corrected chi connectivity index (χ2v) is 7.30. The number of thiol groups is 1. The van der Waals surface area contributed by atoms with Gasteiger partial charge in [0.05, 0.1) is 25.2 Å². The molecule has 16 heteroatoms. The van der Waals surface area contributed by atoms with E-state index >= 15 is 0 Å². The summed E-state index contributed by atoms with van der Waals surface area (Å²) in [6.45, 7) is 0. The Bertz CT molecular complexity index is 879. The highest BCUT2D eigenvalue weighted by Gasteiger charge is 2.31. The minimum Gasteiger partial charge on any atom is -0.480 e. The number of H-pyrrole nitrogens is 1. The topological polar surface area (TPSA) is 265 Å². The summed E-state index contributed by atoms with van der Waals surface area (Å²) < 4.78 is 0. The van der Waals surface area contributed by atoms with Gasteiger partial charge >= 0.3 is 5.97 Å². The van der Waals surface area contributed by atoms with Gasteiger partial charge in [0, 0.05) is 24.1 Å². The third kappa shape index (κ3) is 9.56. The Labute approximate surface area is 193 Å². The van der Waals surface area contributed by atoms with E-state index in [9.17, 15) is 33.9 Å². The summed E-state index contributed by atoms with van der Waals surface area (Å²) in [6, 6.07) is -5.57. The molecule has 0 aliphatic rings. The number of nitrogens with zero attached hydrogens (tertiary/aromatic N) is 1. The van der Waals surface area contributed by atoms with Crippen molar-refractivity contribution >= 4 is 48.1 Å². The Morgan fingerprint density at radius 3 is 1.97 bits per heavy atom. The fourth-order valence-electron chi connectivity index (χ4n) is 2.55. The lowest BCUT2D eigenvalue weighted by atomic mass is 10.1. The average molecular weight is 487 g/mol. The van der Waals surface area contributed by atoms with Crippen LogP contribution in [0.2, 0.25) is 0 Å². The summed E-state index contributed by atoms with van der Waals surface area (Å²) in [5.74, 6) is -6.19. The molecule has 0 saturated heterocycles. The van der Waals surface area contributed by atoms with Crippen molar-refractivity contribution in [3.05, 3.63) is 18.2 Å². The third-order valence-corrected chi connectivity index (χ3v) is 4.57. The van der Waals surface area contributed by atoms with Crippen molar-refractivity contribution in [2.45, 2.75) is 43.4 Å². The Kier molecular flexibility index (Phi) is 10.8. The van der Waals surface area contributed by atoms with Gasteiger partial charge in [-0.05, 0) is 0 Å². The van der Waals surface area contributed by atoms with Crippen molar-refractivity contribution in [1.82, 2.24) is 25.9 Å². The largest absolute Gasteiger partial charge is 0.480 e. The molecule has 0 bridgehead atoms. The molecule has 0 aromatic carbocycles. The number of amides is 5. The van der Waals surface area contributed by atoms with Crippen LogP contribution in [-0.2, 0) is 35.2 Å². The fourth-order valence-corrected chi connectivity index (χ4v) is 2.81. The summed E-state index contributed by atoms with van der Waals surface area (Å²) in [5.41, 5.74) is 16.0. The maximum Gasteiger partial charge on any atom is 0.326 e. The van der Waals surface area contributed by atoms with Crippen LogP contribution >= 0.6 is 12.6 Å². The summed E-state index contributed by atoms with van der Waals surface area (Å²) in [4.78, 5) is 77.4. The van der Waals surface area contributed by atoms with E-state index in [4.69, 9.17) is 17.2 Å². The predicted molar refractivity (Wildman–Crippen MR) is 115 cm³/mol. The van der Waals surface area contributed by atoms with Gasteiger partial charge in [-0.15, -0.1) is 0 Å². The number of rotatable bonds is 14. The zero-order valence-corrected chi connectivity index (χ0v) is 18.2. The van der Waals surface area contributed by atoms with Crippen molar-refractivity contribution in [3.63, 3.8) is 0 Å². The molecule has 0 aliphatic carbocycles. The molecule has 33 heavy (non-hydrogen) atoms. The van der Waals surface area contributed by atoms with Crippen molar-refractivity contribution in [2.24, 2.45) is 17.2 Å². The van der Waals surface area contributed by atoms with E-state index in [1.165, 1.54) is 12.5 Å². The highest BCUT2D eigenvalue weighted by atomic mass is 32.1. The Hall–Kier alpha value is -3.66. The van der Waals surface area contributed by atoms with Crippen molar-refractivity contribution < 1.29 is 33.9 Å². The number of hydrogen-bond acceptors (Lipinski definition) is 9. The third-order valence-electron chi connectivity index (χ3n) is 4.21. The number of carboxylic acids is 1. The number of carbonyl (C=O) groups is 6. The lowest BCUT2D eigenvalue weighted by Gasteiger charge is -2.23. The van der Waals surface area contributed by atoms with Crippen LogP contribution in [0.1, 0.15) is 18.5 Å². The molecule has 0 aliphatic heterocycles. The first-order valence-electron chi connectivity index (χ1n) is 9.48. The van der Waals surface area contributed by atoms with E-state index in [0.717, 1.165) is 0 Å². The predicted octanol–water partition coefficient (Wildman–Crippen LogP) is -4.50. The van der Waals surface area contributed by atoms with E-state index in [2.05, 4.69) is 38.5 Å². The molecule has 4 unspecified atom stereocenters. The van der Waals surface area contributed by atoms with Crippen LogP contribution in [-0.4, -0.2) is 80.5 Å². The first-order valence-corrected chi connectivity index (χ1v) is 10.1. The second kappa shape index (κ2) is 13.0. The van der Waals surface area contributed by atoms with Gasteiger partial charge in [-0.25, -0.2) is 9.78 Å². The molecule has 1 rings (SSSR count). The van der Waals surface area contributed by atoms with Crippen LogP contribution in [0.3, 0.4) is 0 Å². The minimum absolute atomic E-state index is 0.105. The standard InChI is InChI=1S/C17H26N8O7S/c18-8(2-12(19)26)14(28)23-9(3-13(20)27)15(29)25-11(5-33)16(30)24-10(17(31)32)1-7-4-21-6-22-7/h4,6,8-11,33H,1-3,5,18H2,(H2,19,26)(H2,20,27)(H,21,22)(H,23,28)(H,24,30)(H,25,29)(H,31,32). The quantitative estimate of drug-likeness (QED) is 0.114. The van der Waals surface area contributed by atoms with E-state index in [1.807, 2.05) is 0 Å². The second-order valence-electron chi connectivity index (χ2n) is 6.93. The summed E-state index contributed by atoms with van der Waals surface area (Å²) in [6.07, 6.45) is 1.48. The molecule has 4 atom stereocenters. The van der Waals surface area contributed by atoms with E-state index in [1.54, 1.807) is 0 Å². The molecule has 182 valence electrons. The highest BCUT2D eigenvalue weighted by Crippen LogP contribution is 2.02. The summed E-state index contributed by atoms with van der Waals surface area (Å²) >= 11 is 3.98. The van der Waals surface area contributed by atoms with E-state index in [0.29, 0.717) is 5.69 Å². The SMILES string of the molecule is NC(=O)CC(N)C(=O)NC(CC(N)=O)C(=O)NC(CS)C(=O)NC(Cc1cnc[nH]1)C(=O)O. The van der Waals surface area contributed by atoms with Crippen molar-refractivity contribution in [1.29, 1.82) is 0 Å². The molecule has 5 amide bonds. The Morgan fingerprint density at radius 2 is 1.48 bits per heavy atom. The number of primary amides is 2. The zero-order chi connectivity index (χ0) is 25.1. The smallest absolute Gasteiger partial charge is 0.326 e. The van der Waals surface area contributed by atoms with Gasteiger partial charge in [0.2, 0.25) is 29.5 Å². The summed E-state index contributed by atoms with van der Waals surface area (Å²) in [5, 5.41) is 16.1. The highest BCUT2D eigenvalue weighted by molar-refractivity contribution is 7.80. The number of carbonyl (C=O) groups excluding carboxylic acids is 5. The number of nitrogens with one attached hydrogen (secondary N) is 4. The molecule has 0 radical (unpaired) electrons. The molecular weight excluding hydrogens is 460 g/mol. The van der Waals surface area contributed by atoms with Crippen LogP contribution in [0.5, 0.6) is 0 Å². The molecule has 1 heterocycles. The number of carboxylic acid groups (broad SMARTS) is 1. The molecular formula is C17H26N8O7S. The maximum atomic E-state index is 12.6. The lowest BCUT2D eigenvalue weighted by molar-refractivity contribution is -0.142. The van der Waals surface area contributed by atoms with Crippen LogP contribution in [0.25, 0.3) is 0 Å². The molecule has 11 N–H and O–H groups in total. The van der Waals surface area contributed by atoms with Crippen molar-refractivity contribution in [3.8, 4) is 0 Å². The summed E-state index contributed by atoms with van der Waals surface area (Å²) in [7, 11) is 0. The van der Waals surface area contributed by atoms with Gasteiger partial charge in [-0.3, -0.25) is 24.0 Å².